The van der Waals surface area contributed by atoms with Gasteiger partial charge in [-0.25, -0.2) is 0 Å². The summed E-state index contributed by atoms with van der Waals surface area (Å²) in [6.07, 6.45) is 12.2. The number of nitrogens with one attached hydrogen (secondary N) is 1. The second-order valence-corrected chi connectivity index (χ2v) is 9.25. The summed E-state index contributed by atoms with van der Waals surface area (Å²) in [6.45, 7) is 24.4. The maximum atomic E-state index is 4.21. The van der Waals surface area contributed by atoms with Crippen LogP contribution in [0.1, 0.15) is 69.2 Å². The van der Waals surface area contributed by atoms with Crippen LogP contribution in [0.2, 0.25) is 0 Å². The highest BCUT2D eigenvalue weighted by Gasteiger charge is 2.25. The second-order valence-electron chi connectivity index (χ2n) is 9.25. The van der Waals surface area contributed by atoms with Crippen LogP contribution in [-0.2, 0) is 0 Å². The van der Waals surface area contributed by atoms with Crippen LogP contribution in [0.25, 0.3) is 12.2 Å². The van der Waals surface area contributed by atoms with Gasteiger partial charge in [-0.3, -0.25) is 4.90 Å². The SMILES string of the molecule is C=Cc1c(NCC)ccc(C(C2=CCC(N(CC)CC)C=C2)c2ccc(N(CC)CC)cc2)c1C=C. The molecule has 1 aliphatic rings. The number of allylic oxidation sites excluding steroid dienone is 2. The molecule has 2 atom stereocenters. The third kappa shape index (κ3) is 5.84. The molecular weight excluding hydrogens is 438 g/mol. The van der Waals surface area contributed by atoms with Crippen LogP contribution < -0.4 is 10.2 Å². The first kappa shape index (κ1) is 27.5. The van der Waals surface area contributed by atoms with Crippen molar-refractivity contribution in [3.63, 3.8) is 0 Å². The van der Waals surface area contributed by atoms with Crippen molar-refractivity contribution < 1.29 is 0 Å². The van der Waals surface area contributed by atoms with Crippen molar-refractivity contribution in [3.05, 3.63) is 95.6 Å². The van der Waals surface area contributed by atoms with Crippen LogP contribution in [0.15, 0.2) is 73.4 Å². The van der Waals surface area contributed by atoms with Gasteiger partial charge in [0.2, 0.25) is 0 Å². The quantitative estimate of drug-likeness (QED) is 0.311. The zero-order valence-electron chi connectivity index (χ0n) is 23.1. The van der Waals surface area contributed by atoms with Gasteiger partial charge in [0, 0.05) is 48.5 Å². The largest absolute Gasteiger partial charge is 0.385 e. The number of likely N-dealkylation sites (N-methyl/N-ethyl adjacent to an activating group) is 1. The molecule has 0 amide bonds. The summed E-state index contributed by atoms with van der Waals surface area (Å²) in [5.74, 6) is 0.132. The van der Waals surface area contributed by atoms with E-state index in [2.05, 4.69) is 118 Å². The summed E-state index contributed by atoms with van der Waals surface area (Å²) in [7, 11) is 0. The number of hydrogen-bond donors (Lipinski definition) is 1. The minimum absolute atomic E-state index is 0.132. The Bertz CT molecular complexity index is 1070. The number of rotatable bonds is 13. The lowest BCUT2D eigenvalue weighted by molar-refractivity contribution is 0.253. The molecule has 3 rings (SSSR count). The molecule has 2 aromatic rings. The molecule has 0 heterocycles. The van der Waals surface area contributed by atoms with Gasteiger partial charge in [-0.2, -0.15) is 0 Å². The van der Waals surface area contributed by atoms with Crippen molar-refractivity contribution in [3.8, 4) is 0 Å². The molecule has 1 N–H and O–H groups in total. The molecule has 3 nitrogen and oxygen atoms in total. The molecule has 2 unspecified atom stereocenters. The van der Waals surface area contributed by atoms with Crippen LogP contribution in [0.5, 0.6) is 0 Å². The predicted octanol–water partition coefficient (Wildman–Crippen LogP) is 7.98. The molecule has 2 aromatic carbocycles. The van der Waals surface area contributed by atoms with Crippen molar-refractivity contribution in [1.82, 2.24) is 4.90 Å². The number of benzene rings is 2. The summed E-state index contributed by atoms with van der Waals surface area (Å²) in [6, 6.07) is 14.1. The van der Waals surface area contributed by atoms with E-state index in [0.717, 1.165) is 56.0 Å². The highest BCUT2D eigenvalue weighted by molar-refractivity contribution is 5.78. The van der Waals surface area contributed by atoms with E-state index in [4.69, 9.17) is 0 Å². The number of hydrogen-bond acceptors (Lipinski definition) is 3. The Morgan fingerprint density at radius 3 is 2.06 bits per heavy atom. The smallest absolute Gasteiger partial charge is 0.0419 e. The van der Waals surface area contributed by atoms with E-state index in [1.807, 2.05) is 12.2 Å². The van der Waals surface area contributed by atoms with Crippen molar-refractivity contribution in [1.29, 1.82) is 0 Å². The molecule has 192 valence electrons. The molecule has 36 heavy (non-hydrogen) atoms. The third-order valence-electron chi connectivity index (χ3n) is 7.48. The summed E-state index contributed by atoms with van der Waals surface area (Å²) in [5, 5.41) is 3.49. The van der Waals surface area contributed by atoms with Crippen LogP contribution in [0.4, 0.5) is 11.4 Å². The Morgan fingerprint density at radius 1 is 0.889 bits per heavy atom. The zero-order valence-corrected chi connectivity index (χ0v) is 23.1. The van der Waals surface area contributed by atoms with Crippen molar-refractivity contribution in [2.24, 2.45) is 0 Å². The Kier molecular flexibility index (Phi) is 10.2. The van der Waals surface area contributed by atoms with Gasteiger partial charge < -0.3 is 10.2 Å². The third-order valence-corrected chi connectivity index (χ3v) is 7.48. The summed E-state index contributed by atoms with van der Waals surface area (Å²) >= 11 is 0. The van der Waals surface area contributed by atoms with E-state index in [0.29, 0.717) is 6.04 Å². The van der Waals surface area contributed by atoms with Gasteiger partial charge >= 0.3 is 0 Å². The van der Waals surface area contributed by atoms with E-state index < -0.39 is 0 Å². The molecule has 1 aliphatic carbocycles. The first-order chi connectivity index (χ1) is 17.6. The lowest BCUT2D eigenvalue weighted by Crippen LogP contribution is -2.34. The summed E-state index contributed by atoms with van der Waals surface area (Å²) in [5.41, 5.74) is 8.58. The Morgan fingerprint density at radius 2 is 1.56 bits per heavy atom. The number of anilines is 2. The minimum Gasteiger partial charge on any atom is -0.385 e. The fraction of sp³-hybridized carbons (Fsp3) is 0.394. The highest BCUT2D eigenvalue weighted by Crippen LogP contribution is 2.40. The predicted molar refractivity (Wildman–Crippen MR) is 161 cm³/mol. The van der Waals surface area contributed by atoms with Gasteiger partial charge in [0.1, 0.15) is 0 Å². The fourth-order valence-corrected chi connectivity index (χ4v) is 5.52. The van der Waals surface area contributed by atoms with Gasteiger partial charge in [0.05, 0.1) is 0 Å². The van der Waals surface area contributed by atoms with E-state index in [1.54, 1.807) is 0 Å². The maximum Gasteiger partial charge on any atom is 0.0419 e. The molecule has 0 bridgehead atoms. The highest BCUT2D eigenvalue weighted by atomic mass is 15.1. The van der Waals surface area contributed by atoms with Gasteiger partial charge in [0.15, 0.2) is 0 Å². The number of nitrogens with zero attached hydrogens (tertiary/aromatic N) is 2. The molecule has 0 spiro atoms. The lowest BCUT2D eigenvalue weighted by atomic mass is 9.79. The van der Waals surface area contributed by atoms with Crippen LogP contribution in [-0.4, -0.2) is 43.7 Å². The van der Waals surface area contributed by atoms with Gasteiger partial charge in [-0.1, -0.05) is 75.6 Å². The first-order valence-electron chi connectivity index (χ1n) is 13.7. The molecule has 0 aliphatic heterocycles. The molecule has 3 heteroatoms. The fourth-order valence-electron chi connectivity index (χ4n) is 5.52. The van der Waals surface area contributed by atoms with Crippen molar-refractivity contribution >= 4 is 23.5 Å². The van der Waals surface area contributed by atoms with Gasteiger partial charge in [-0.05, 0) is 80.7 Å². The molecule has 0 saturated heterocycles. The molecule has 0 saturated carbocycles. The van der Waals surface area contributed by atoms with Crippen LogP contribution in [0, 0.1) is 0 Å². The average Bonchev–Trinajstić information content (AvgIpc) is 2.92. The second kappa shape index (κ2) is 13.3. The van der Waals surface area contributed by atoms with E-state index in [9.17, 15) is 0 Å². The zero-order chi connectivity index (χ0) is 26.1. The molecular formula is C33H45N3. The molecule has 0 radical (unpaired) electrons. The standard InChI is InChI=1S/C33H45N3/c1-8-29-30(9-2)32(34-10-3)24-23-31(29)33(25-15-19-27(20-16-25)35(11-4)12-5)26-17-21-28(22-18-26)36(13-6)14-7/h8-9,15-21,23-24,28,33-34H,1-2,10-14,22H2,3-7H3. The Hall–Kier alpha value is -3.04. The van der Waals surface area contributed by atoms with Gasteiger partial charge in [-0.15, -0.1) is 0 Å². The monoisotopic (exact) mass is 483 g/mol. The van der Waals surface area contributed by atoms with Crippen molar-refractivity contribution in [2.45, 2.75) is 53.0 Å². The first-order valence-corrected chi connectivity index (χ1v) is 13.7. The van der Waals surface area contributed by atoms with Crippen LogP contribution in [0.3, 0.4) is 0 Å². The van der Waals surface area contributed by atoms with Crippen molar-refractivity contribution in [2.75, 3.05) is 42.9 Å². The van der Waals surface area contributed by atoms with Gasteiger partial charge in [0.25, 0.3) is 0 Å². The van der Waals surface area contributed by atoms with E-state index in [-0.39, 0.29) is 5.92 Å². The van der Waals surface area contributed by atoms with E-state index in [1.165, 1.54) is 22.4 Å². The Labute approximate surface area is 219 Å². The summed E-state index contributed by atoms with van der Waals surface area (Å²) < 4.78 is 0. The van der Waals surface area contributed by atoms with Crippen LogP contribution >= 0.6 is 0 Å². The normalized spacial score (nSPS) is 15.9. The topological polar surface area (TPSA) is 18.5 Å². The summed E-state index contributed by atoms with van der Waals surface area (Å²) in [4.78, 5) is 4.91. The average molecular weight is 484 g/mol. The maximum absolute atomic E-state index is 4.21. The molecule has 0 fully saturated rings. The Balaban J connectivity index is 2.13. The minimum atomic E-state index is 0.132. The molecule has 0 aromatic heterocycles. The lowest BCUT2D eigenvalue weighted by Gasteiger charge is -2.31. The van der Waals surface area contributed by atoms with E-state index >= 15 is 0 Å².